The smallest absolute Gasteiger partial charge is 0.207 e. The predicted octanol–water partition coefficient (Wildman–Crippen LogP) is 5.57. The summed E-state index contributed by atoms with van der Waals surface area (Å²) in [5.74, 6) is 0. The molecule has 0 aromatic heterocycles. The van der Waals surface area contributed by atoms with Crippen molar-refractivity contribution < 1.29 is 8.42 Å². The van der Waals surface area contributed by atoms with Gasteiger partial charge >= 0.3 is 0 Å². The average molecular weight is 531 g/mol. The monoisotopic (exact) mass is 531 g/mol. The molecule has 0 spiro atoms. The van der Waals surface area contributed by atoms with E-state index < -0.39 is 10.0 Å². The van der Waals surface area contributed by atoms with E-state index in [-0.39, 0.29) is 11.5 Å². The Hall–Kier alpha value is -1.70. The molecule has 0 N–H and O–H groups in total. The van der Waals surface area contributed by atoms with Crippen LogP contribution < -0.4 is 0 Å². The molecule has 4 rings (SSSR count). The molecule has 156 valence electrons. The molecular weight excluding hydrogens is 505 g/mol. The third kappa shape index (κ3) is 3.95. The number of benzene rings is 3. The maximum atomic E-state index is 13.7. The molecule has 1 heterocycles. The number of aryl methyl sites for hydroxylation is 1. The number of nitrogens with zero attached hydrogens (tertiary/aromatic N) is 1. The predicted molar refractivity (Wildman–Crippen MR) is 131 cm³/mol. The van der Waals surface area contributed by atoms with Crippen LogP contribution in [0, 0.1) is 6.92 Å². The summed E-state index contributed by atoms with van der Waals surface area (Å²) < 4.78 is 30.0. The number of piperidine rings is 1. The maximum absolute atomic E-state index is 13.7. The molecule has 3 aromatic carbocycles. The molecule has 5 heteroatoms. The molecule has 1 fully saturated rings. The van der Waals surface area contributed by atoms with Crippen LogP contribution in [0.5, 0.6) is 0 Å². The van der Waals surface area contributed by atoms with Gasteiger partial charge in [0.05, 0.1) is 4.90 Å². The highest BCUT2D eigenvalue weighted by Crippen LogP contribution is 2.44. The average Bonchev–Trinajstić information content (AvgIpc) is 2.80. The van der Waals surface area contributed by atoms with Gasteiger partial charge in [-0.25, -0.2) is 8.42 Å². The van der Waals surface area contributed by atoms with Gasteiger partial charge in [0, 0.05) is 22.4 Å². The summed E-state index contributed by atoms with van der Waals surface area (Å²) in [6, 6.07) is 27.9. The second kappa shape index (κ2) is 8.81. The first-order valence-corrected chi connectivity index (χ1v) is 13.2. The molecule has 30 heavy (non-hydrogen) atoms. The fourth-order valence-electron chi connectivity index (χ4n) is 4.46. The minimum Gasteiger partial charge on any atom is -0.207 e. The van der Waals surface area contributed by atoms with Crippen LogP contribution in [0.2, 0.25) is 0 Å². The summed E-state index contributed by atoms with van der Waals surface area (Å²) in [6.07, 6.45) is 1.76. The molecule has 1 atom stereocenters. The highest BCUT2D eigenvalue weighted by Gasteiger charge is 2.46. The van der Waals surface area contributed by atoms with Crippen molar-refractivity contribution in [2.24, 2.45) is 0 Å². The van der Waals surface area contributed by atoms with Crippen LogP contribution in [0.1, 0.15) is 29.5 Å². The van der Waals surface area contributed by atoms with Crippen molar-refractivity contribution in [3.05, 3.63) is 102 Å². The summed E-state index contributed by atoms with van der Waals surface area (Å²) in [7, 11) is -3.60. The number of hydrogen-bond donors (Lipinski definition) is 0. The fourth-order valence-corrected chi connectivity index (χ4v) is 7.36. The Morgan fingerprint density at radius 1 is 0.900 bits per heavy atom. The number of alkyl halides is 1. The van der Waals surface area contributed by atoms with E-state index in [1.807, 2.05) is 55.5 Å². The second-order valence-electron chi connectivity index (χ2n) is 8.02. The van der Waals surface area contributed by atoms with Gasteiger partial charge in [-0.05, 0) is 43.0 Å². The number of hydrogen-bond acceptors (Lipinski definition) is 2. The molecule has 0 saturated carbocycles. The molecule has 3 aromatic rings. The van der Waals surface area contributed by atoms with E-state index in [2.05, 4.69) is 46.9 Å². The molecule has 0 radical (unpaired) electrons. The lowest BCUT2D eigenvalue weighted by Crippen LogP contribution is -2.54. The van der Waals surface area contributed by atoms with Gasteiger partial charge in [-0.1, -0.05) is 101 Å². The molecule has 3 nitrogen and oxygen atoms in total. The summed E-state index contributed by atoms with van der Waals surface area (Å²) >= 11 is 2.32. The fraction of sp³-hybridized carbons (Fsp3) is 0.280. The number of sulfonamides is 1. The molecule has 1 aliphatic heterocycles. The first kappa shape index (κ1) is 21.5. The van der Waals surface area contributed by atoms with Gasteiger partial charge in [0.1, 0.15) is 0 Å². The van der Waals surface area contributed by atoms with E-state index >= 15 is 0 Å². The van der Waals surface area contributed by atoms with Crippen LogP contribution in [0.3, 0.4) is 0 Å². The molecule has 1 aliphatic rings. The van der Waals surface area contributed by atoms with Gasteiger partial charge in [-0.3, -0.25) is 0 Å². The van der Waals surface area contributed by atoms with Crippen LogP contribution in [0.25, 0.3) is 0 Å². The van der Waals surface area contributed by atoms with Crippen LogP contribution in [0.4, 0.5) is 0 Å². The van der Waals surface area contributed by atoms with Crippen molar-refractivity contribution in [2.45, 2.75) is 36.1 Å². The zero-order valence-electron chi connectivity index (χ0n) is 17.0. The highest BCUT2D eigenvalue weighted by atomic mass is 127. The van der Waals surface area contributed by atoms with Gasteiger partial charge < -0.3 is 0 Å². The largest absolute Gasteiger partial charge is 0.243 e. The van der Waals surface area contributed by atoms with Crippen LogP contribution in [0.15, 0.2) is 89.8 Å². The molecule has 0 bridgehead atoms. The van der Waals surface area contributed by atoms with E-state index in [0.29, 0.717) is 11.4 Å². The van der Waals surface area contributed by atoms with Gasteiger partial charge in [0.25, 0.3) is 0 Å². The first-order valence-electron chi connectivity index (χ1n) is 10.2. The lowest BCUT2D eigenvalue weighted by atomic mass is 9.69. The van der Waals surface area contributed by atoms with E-state index in [1.165, 1.54) is 11.1 Å². The third-order valence-electron chi connectivity index (χ3n) is 6.20. The standard InChI is InChI=1S/C25H26INO2S/c1-20-12-14-24(15-13-20)30(28,29)27-19-25(17-16-23(27)18-26,21-8-4-2-5-9-21)22-10-6-3-7-11-22/h2-15,23H,16-19H2,1H3. The first-order chi connectivity index (χ1) is 14.5. The molecular formula is C25H26INO2S. The molecule has 0 aliphatic carbocycles. The second-order valence-corrected chi connectivity index (χ2v) is 10.8. The Bertz CT molecular complexity index is 1040. The van der Waals surface area contributed by atoms with Gasteiger partial charge in [-0.2, -0.15) is 4.31 Å². The summed E-state index contributed by atoms with van der Waals surface area (Å²) in [4.78, 5) is 0.375. The summed E-state index contributed by atoms with van der Waals surface area (Å²) in [6.45, 7) is 2.42. The summed E-state index contributed by atoms with van der Waals surface area (Å²) in [5.41, 5.74) is 3.04. The maximum Gasteiger partial charge on any atom is 0.243 e. The van der Waals surface area contributed by atoms with E-state index in [1.54, 1.807) is 16.4 Å². The lowest BCUT2D eigenvalue weighted by Gasteiger charge is -2.46. The van der Waals surface area contributed by atoms with E-state index in [9.17, 15) is 8.42 Å². The van der Waals surface area contributed by atoms with Crippen LogP contribution in [-0.2, 0) is 15.4 Å². The lowest BCUT2D eigenvalue weighted by molar-refractivity contribution is 0.205. The Balaban J connectivity index is 1.84. The Morgan fingerprint density at radius 3 is 1.93 bits per heavy atom. The number of halogens is 1. The zero-order valence-corrected chi connectivity index (χ0v) is 20.0. The quantitative estimate of drug-likeness (QED) is 0.319. The number of rotatable bonds is 5. The zero-order chi connectivity index (χ0) is 21.2. The van der Waals surface area contributed by atoms with Crippen molar-refractivity contribution in [3.63, 3.8) is 0 Å². The minimum absolute atomic E-state index is 0.00236. The molecule has 0 amide bonds. The van der Waals surface area contributed by atoms with Crippen molar-refractivity contribution in [1.29, 1.82) is 0 Å². The van der Waals surface area contributed by atoms with Crippen molar-refractivity contribution in [1.82, 2.24) is 4.31 Å². The van der Waals surface area contributed by atoms with Gasteiger partial charge in [0.2, 0.25) is 10.0 Å². The minimum atomic E-state index is -3.60. The highest BCUT2D eigenvalue weighted by molar-refractivity contribution is 14.1. The normalized spacial score (nSPS) is 19.5. The molecule has 1 unspecified atom stereocenters. The Kier molecular flexibility index (Phi) is 6.32. The topological polar surface area (TPSA) is 37.4 Å². The molecule has 1 saturated heterocycles. The van der Waals surface area contributed by atoms with Crippen LogP contribution >= 0.6 is 22.6 Å². The SMILES string of the molecule is Cc1ccc(S(=O)(=O)N2CC(c3ccccc3)(c3ccccc3)CCC2CI)cc1. The van der Waals surface area contributed by atoms with Crippen molar-refractivity contribution in [2.75, 3.05) is 11.0 Å². The summed E-state index contributed by atoms with van der Waals surface area (Å²) in [5, 5.41) is 0. The Labute approximate surface area is 193 Å². The van der Waals surface area contributed by atoms with Gasteiger partial charge in [0.15, 0.2) is 0 Å². The van der Waals surface area contributed by atoms with E-state index in [4.69, 9.17) is 0 Å². The van der Waals surface area contributed by atoms with Crippen molar-refractivity contribution >= 4 is 32.6 Å². The van der Waals surface area contributed by atoms with Gasteiger partial charge in [-0.15, -0.1) is 0 Å². The van der Waals surface area contributed by atoms with E-state index in [0.717, 1.165) is 22.8 Å². The third-order valence-corrected chi connectivity index (χ3v) is 9.13. The Morgan fingerprint density at radius 2 is 1.43 bits per heavy atom. The van der Waals surface area contributed by atoms with Crippen molar-refractivity contribution in [3.8, 4) is 0 Å². The van der Waals surface area contributed by atoms with Crippen LogP contribution in [-0.4, -0.2) is 29.7 Å².